The third kappa shape index (κ3) is 2.97. The van der Waals surface area contributed by atoms with Crippen molar-refractivity contribution in [2.24, 2.45) is 0 Å². The van der Waals surface area contributed by atoms with Crippen molar-refractivity contribution >= 4 is 49.8 Å². The van der Waals surface area contributed by atoms with Crippen LogP contribution in [0.15, 0.2) is 47.5 Å². The van der Waals surface area contributed by atoms with Crippen molar-refractivity contribution in [1.29, 1.82) is 0 Å². The summed E-state index contributed by atoms with van der Waals surface area (Å²) in [5, 5.41) is 8.06. The average Bonchev–Trinajstić information content (AvgIpc) is 2.84. The molecule has 21 heavy (non-hydrogen) atoms. The van der Waals surface area contributed by atoms with Crippen LogP contribution in [0.4, 0.5) is 5.69 Å². The first-order valence-corrected chi connectivity index (χ1v) is 8.10. The highest BCUT2D eigenvalue weighted by atomic mass is 35.5. The summed E-state index contributed by atoms with van der Waals surface area (Å²) in [6.07, 6.45) is 1.66. The third-order valence-electron chi connectivity index (χ3n) is 2.84. The monoisotopic (exact) mass is 341 g/mol. The predicted octanol–water partition coefficient (Wildman–Crippen LogP) is 3.67. The van der Waals surface area contributed by atoms with E-state index in [4.69, 9.17) is 23.2 Å². The molecule has 0 unspecified atom stereocenters. The zero-order chi connectivity index (χ0) is 15.0. The lowest BCUT2D eigenvalue weighted by Gasteiger charge is -2.09. The van der Waals surface area contributed by atoms with Crippen molar-refractivity contribution in [2.45, 2.75) is 4.90 Å². The van der Waals surface area contributed by atoms with E-state index in [0.29, 0.717) is 5.69 Å². The molecule has 3 aromatic rings. The topological polar surface area (TPSA) is 74.8 Å². The molecule has 0 aliphatic heterocycles. The number of hydrogen-bond acceptors (Lipinski definition) is 3. The molecule has 0 aliphatic carbocycles. The van der Waals surface area contributed by atoms with Crippen LogP contribution in [0.2, 0.25) is 10.0 Å². The fourth-order valence-electron chi connectivity index (χ4n) is 1.90. The van der Waals surface area contributed by atoms with Crippen molar-refractivity contribution in [2.75, 3.05) is 4.72 Å². The van der Waals surface area contributed by atoms with Gasteiger partial charge in [-0.3, -0.25) is 9.82 Å². The summed E-state index contributed by atoms with van der Waals surface area (Å²) >= 11 is 11.7. The summed E-state index contributed by atoms with van der Waals surface area (Å²) < 4.78 is 27.1. The van der Waals surface area contributed by atoms with Gasteiger partial charge in [-0.05, 0) is 36.4 Å². The van der Waals surface area contributed by atoms with Gasteiger partial charge in [0.1, 0.15) is 0 Å². The first kappa shape index (κ1) is 14.2. The largest absolute Gasteiger partial charge is 0.280 e. The van der Waals surface area contributed by atoms with Crippen molar-refractivity contribution in [3.8, 4) is 0 Å². The van der Waals surface area contributed by atoms with Crippen molar-refractivity contribution in [1.82, 2.24) is 10.2 Å². The Balaban J connectivity index is 1.98. The van der Waals surface area contributed by atoms with E-state index in [-0.39, 0.29) is 14.9 Å². The van der Waals surface area contributed by atoms with Crippen molar-refractivity contribution in [3.05, 3.63) is 52.6 Å². The Kier molecular flexibility index (Phi) is 3.52. The number of fused-ring (bicyclic) bond motifs is 1. The van der Waals surface area contributed by atoms with Gasteiger partial charge in [0.05, 0.1) is 22.3 Å². The van der Waals surface area contributed by atoms with Gasteiger partial charge in [-0.25, -0.2) is 8.42 Å². The van der Waals surface area contributed by atoms with Gasteiger partial charge >= 0.3 is 0 Å². The van der Waals surface area contributed by atoms with Crippen LogP contribution in [0.1, 0.15) is 0 Å². The highest BCUT2D eigenvalue weighted by Gasteiger charge is 2.16. The van der Waals surface area contributed by atoms with Crippen LogP contribution in [0.5, 0.6) is 0 Å². The molecule has 0 atom stereocenters. The average molecular weight is 342 g/mol. The summed E-state index contributed by atoms with van der Waals surface area (Å²) in [6, 6.07) is 9.23. The number of hydrogen-bond donors (Lipinski definition) is 2. The summed E-state index contributed by atoms with van der Waals surface area (Å²) in [4.78, 5) is 0.00436. The number of aromatic amines is 1. The number of rotatable bonds is 3. The van der Waals surface area contributed by atoms with Crippen LogP contribution >= 0.6 is 23.2 Å². The molecule has 1 heterocycles. The van der Waals surface area contributed by atoms with E-state index in [1.807, 2.05) is 0 Å². The van der Waals surface area contributed by atoms with Gasteiger partial charge < -0.3 is 0 Å². The fraction of sp³-hybridized carbons (Fsp3) is 0. The molecule has 108 valence electrons. The molecular weight excluding hydrogens is 333 g/mol. The Hall–Kier alpha value is -1.76. The number of benzene rings is 2. The van der Waals surface area contributed by atoms with Gasteiger partial charge in [-0.15, -0.1) is 0 Å². The molecule has 0 spiro atoms. The van der Waals surface area contributed by atoms with E-state index in [9.17, 15) is 8.42 Å². The molecule has 2 aromatic carbocycles. The van der Waals surface area contributed by atoms with Gasteiger partial charge in [0.15, 0.2) is 0 Å². The van der Waals surface area contributed by atoms with Crippen molar-refractivity contribution in [3.63, 3.8) is 0 Å². The van der Waals surface area contributed by atoms with Crippen molar-refractivity contribution < 1.29 is 8.42 Å². The maximum absolute atomic E-state index is 12.3. The van der Waals surface area contributed by atoms with Gasteiger partial charge in [0, 0.05) is 15.4 Å². The fourth-order valence-corrected chi connectivity index (χ4v) is 3.67. The minimum absolute atomic E-state index is 0.00436. The van der Waals surface area contributed by atoms with Crippen LogP contribution in [0, 0.1) is 0 Å². The quantitative estimate of drug-likeness (QED) is 0.763. The minimum Gasteiger partial charge on any atom is -0.280 e. The Morgan fingerprint density at radius 3 is 2.48 bits per heavy atom. The van der Waals surface area contributed by atoms with E-state index in [0.717, 1.165) is 10.9 Å². The highest BCUT2D eigenvalue weighted by Crippen LogP contribution is 2.25. The SMILES string of the molecule is O=S(=O)(Nc1ccc2cn[nH]c2c1)c1cc(Cl)cc(Cl)c1. The summed E-state index contributed by atoms with van der Waals surface area (Å²) in [5.74, 6) is 0. The van der Waals surface area contributed by atoms with Gasteiger partial charge in [0.2, 0.25) is 0 Å². The van der Waals surface area contributed by atoms with E-state index in [1.54, 1.807) is 24.4 Å². The van der Waals surface area contributed by atoms with E-state index in [2.05, 4.69) is 14.9 Å². The Morgan fingerprint density at radius 1 is 1.05 bits per heavy atom. The number of halogens is 2. The molecule has 0 fully saturated rings. The molecule has 8 heteroatoms. The molecule has 0 saturated carbocycles. The maximum Gasteiger partial charge on any atom is 0.261 e. The number of nitrogens with zero attached hydrogens (tertiary/aromatic N) is 1. The van der Waals surface area contributed by atoms with Gasteiger partial charge in [-0.1, -0.05) is 23.2 Å². The normalized spacial score (nSPS) is 11.7. The first-order valence-electron chi connectivity index (χ1n) is 5.86. The number of aromatic nitrogens is 2. The summed E-state index contributed by atoms with van der Waals surface area (Å²) in [7, 11) is -3.76. The smallest absolute Gasteiger partial charge is 0.261 e. The molecule has 0 aliphatic rings. The maximum atomic E-state index is 12.3. The lowest BCUT2D eigenvalue weighted by molar-refractivity contribution is 0.601. The molecular formula is C13H9Cl2N3O2S. The molecule has 0 radical (unpaired) electrons. The number of sulfonamides is 1. The second-order valence-electron chi connectivity index (χ2n) is 4.38. The first-order chi connectivity index (χ1) is 9.94. The molecule has 1 aromatic heterocycles. The number of nitrogens with one attached hydrogen (secondary N) is 2. The van der Waals surface area contributed by atoms with E-state index >= 15 is 0 Å². The lowest BCUT2D eigenvalue weighted by atomic mass is 10.2. The van der Waals surface area contributed by atoms with Crippen LogP contribution in [0.3, 0.4) is 0 Å². The lowest BCUT2D eigenvalue weighted by Crippen LogP contribution is -2.12. The Labute approximate surface area is 130 Å². The van der Waals surface area contributed by atoms with Crippen LogP contribution in [-0.2, 0) is 10.0 Å². The Morgan fingerprint density at radius 2 is 1.76 bits per heavy atom. The Bertz CT molecular complexity index is 902. The second-order valence-corrected chi connectivity index (χ2v) is 6.94. The molecule has 0 amide bonds. The number of anilines is 1. The summed E-state index contributed by atoms with van der Waals surface area (Å²) in [6.45, 7) is 0. The number of H-pyrrole nitrogens is 1. The zero-order valence-electron chi connectivity index (χ0n) is 10.5. The molecule has 2 N–H and O–H groups in total. The van der Waals surface area contributed by atoms with Crippen LogP contribution in [0.25, 0.3) is 10.9 Å². The second kappa shape index (κ2) is 5.22. The molecule has 0 saturated heterocycles. The summed E-state index contributed by atoms with van der Waals surface area (Å²) in [5.41, 5.74) is 1.15. The van der Waals surface area contributed by atoms with Crippen LogP contribution in [-0.4, -0.2) is 18.6 Å². The van der Waals surface area contributed by atoms with Gasteiger partial charge in [0.25, 0.3) is 10.0 Å². The van der Waals surface area contributed by atoms with Gasteiger partial charge in [-0.2, -0.15) is 5.10 Å². The predicted molar refractivity (Wildman–Crippen MR) is 83.4 cm³/mol. The van der Waals surface area contributed by atoms with E-state index in [1.165, 1.54) is 18.2 Å². The molecule has 0 bridgehead atoms. The highest BCUT2D eigenvalue weighted by molar-refractivity contribution is 7.92. The van der Waals surface area contributed by atoms with Crippen LogP contribution < -0.4 is 4.72 Å². The molecule has 5 nitrogen and oxygen atoms in total. The standard InChI is InChI=1S/C13H9Cl2N3O2S/c14-9-3-10(15)5-12(4-9)21(19,20)18-11-2-1-8-7-16-17-13(8)6-11/h1-7,18H,(H,16,17). The van der Waals surface area contributed by atoms with E-state index < -0.39 is 10.0 Å². The zero-order valence-corrected chi connectivity index (χ0v) is 12.8. The third-order valence-corrected chi connectivity index (χ3v) is 4.64. The molecule has 3 rings (SSSR count). The minimum atomic E-state index is -3.76.